The lowest BCUT2D eigenvalue weighted by molar-refractivity contribution is -0.140. The number of anilines is 1. The van der Waals surface area contributed by atoms with E-state index in [-0.39, 0.29) is 43.2 Å². The number of aryl methyl sites for hydroxylation is 1. The fraction of sp³-hybridized carbons (Fsp3) is 0.250. The summed E-state index contributed by atoms with van der Waals surface area (Å²) in [6, 6.07) is 12.5. The van der Waals surface area contributed by atoms with E-state index in [1.54, 1.807) is 31.2 Å². The predicted octanol–water partition coefficient (Wildman–Crippen LogP) is 2.61. The summed E-state index contributed by atoms with van der Waals surface area (Å²) in [5.41, 5.74) is 9.03. The summed E-state index contributed by atoms with van der Waals surface area (Å²) in [7, 11) is 0. The molecule has 150 valence electrons. The van der Waals surface area contributed by atoms with Gasteiger partial charge in [-0.05, 0) is 37.6 Å². The Bertz CT molecular complexity index is 855. The molecule has 2 aromatic rings. The number of esters is 1. The van der Waals surface area contributed by atoms with Crippen molar-refractivity contribution >= 4 is 35.8 Å². The third kappa shape index (κ3) is 6.59. The summed E-state index contributed by atoms with van der Waals surface area (Å²) in [5.74, 6) is -0.657. The number of rotatable bonds is 8. The normalized spacial score (nSPS) is 9.79. The van der Waals surface area contributed by atoms with Crippen molar-refractivity contribution in [2.75, 3.05) is 18.5 Å². The zero-order valence-corrected chi connectivity index (χ0v) is 16.7. The van der Waals surface area contributed by atoms with Crippen LogP contribution in [0.3, 0.4) is 0 Å². The van der Waals surface area contributed by atoms with Crippen molar-refractivity contribution in [2.45, 2.75) is 20.4 Å². The highest BCUT2D eigenvalue weighted by molar-refractivity contribution is 5.96. The third-order valence-electron chi connectivity index (χ3n) is 3.87. The van der Waals surface area contributed by atoms with Crippen LogP contribution in [-0.2, 0) is 16.1 Å². The summed E-state index contributed by atoms with van der Waals surface area (Å²) < 4.78 is 4.91. The molecule has 7 nitrogen and oxygen atoms in total. The number of amides is 1. The van der Waals surface area contributed by atoms with Crippen LogP contribution in [0.4, 0.5) is 5.69 Å². The van der Waals surface area contributed by atoms with E-state index in [2.05, 4.69) is 10.6 Å². The van der Waals surface area contributed by atoms with Crippen LogP contribution >= 0.6 is 12.4 Å². The zero-order chi connectivity index (χ0) is 19.8. The molecule has 0 heterocycles. The number of nitrogen functional groups attached to an aromatic ring is 1. The maximum absolute atomic E-state index is 12.3. The lowest BCUT2D eigenvalue weighted by Gasteiger charge is -2.14. The molecule has 2 aromatic carbocycles. The van der Waals surface area contributed by atoms with Gasteiger partial charge in [0.05, 0.1) is 6.61 Å². The number of amidine groups is 1. The fourth-order valence-electron chi connectivity index (χ4n) is 2.51. The van der Waals surface area contributed by atoms with E-state index in [1.165, 1.54) is 0 Å². The Hall–Kier alpha value is -3.06. The van der Waals surface area contributed by atoms with Crippen LogP contribution in [0.5, 0.6) is 0 Å². The Morgan fingerprint density at radius 1 is 1.14 bits per heavy atom. The van der Waals surface area contributed by atoms with E-state index < -0.39 is 0 Å². The lowest BCUT2D eigenvalue weighted by atomic mass is 10.1. The number of nitrogens with one attached hydrogen (secondary N) is 3. The zero-order valence-electron chi connectivity index (χ0n) is 15.9. The van der Waals surface area contributed by atoms with E-state index in [4.69, 9.17) is 15.9 Å². The molecule has 0 radical (unpaired) electrons. The van der Waals surface area contributed by atoms with Gasteiger partial charge in [-0.15, -0.1) is 12.4 Å². The molecule has 2 rings (SSSR count). The third-order valence-corrected chi connectivity index (χ3v) is 3.87. The van der Waals surface area contributed by atoms with E-state index in [0.29, 0.717) is 23.4 Å². The SMILES string of the molecule is CCOC(=O)CNc1cc(C(=N)N)ccc1CNC(=O)c1cccc(C)c1.Cl. The van der Waals surface area contributed by atoms with Gasteiger partial charge >= 0.3 is 5.97 Å². The summed E-state index contributed by atoms with van der Waals surface area (Å²) in [5, 5.41) is 13.4. The second kappa shape index (κ2) is 10.9. The number of carbonyl (C=O) groups excluding carboxylic acids is 2. The minimum Gasteiger partial charge on any atom is -0.465 e. The van der Waals surface area contributed by atoms with Gasteiger partial charge in [0.25, 0.3) is 5.91 Å². The minimum absolute atomic E-state index is 0. The smallest absolute Gasteiger partial charge is 0.325 e. The molecule has 0 saturated heterocycles. The first-order valence-electron chi connectivity index (χ1n) is 8.62. The van der Waals surface area contributed by atoms with Crippen LogP contribution in [0.15, 0.2) is 42.5 Å². The second-order valence-corrected chi connectivity index (χ2v) is 6.00. The molecule has 0 atom stereocenters. The number of hydrogen-bond acceptors (Lipinski definition) is 5. The molecular weight excluding hydrogens is 380 g/mol. The molecule has 0 spiro atoms. The van der Waals surface area contributed by atoms with Gasteiger partial charge in [-0.1, -0.05) is 29.8 Å². The summed E-state index contributed by atoms with van der Waals surface area (Å²) in [4.78, 5) is 24.0. The molecule has 0 fully saturated rings. The van der Waals surface area contributed by atoms with Gasteiger partial charge in [-0.3, -0.25) is 15.0 Å². The monoisotopic (exact) mass is 404 g/mol. The molecule has 5 N–H and O–H groups in total. The summed E-state index contributed by atoms with van der Waals surface area (Å²) >= 11 is 0. The molecule has 0 aliphatic rings. The van der Waals surface area contributed by atoms with Gasteiger partial charge in [-0.25, -0.2) is 0 Å². The molecule has 0 unspecified atom stereocenters. The molecule has 0 aliphatic carbocycles. The Morgan fingerprint density at radius 2 is 1.89 bits per heavy atom. The fourth-order valence-corrected chi connectivity index (χ4v) is 2.51. The minimum atomic E-state index is -0.388. The van der Waals surface area contributed by atoms with Gasteiger partial charge in [0.1, 0.15) is 12.4 Å². The van der Waals surface area contributed by atoms with E-state index in [0.717, 1.165) is 11.1 Å². The number of hydrogen-bond donors (Lipinski definition) is 4. The quantitative estimate of drug-likeness (QED) is 0.306. The van der Waals surface area contributed by atoms with Crippen molar-refractivity contribution in [3.63, 3.8) is 0 Å². The average molecular weight is 405 g/mol. The maximum Gasteiger partial charge on any atom is 0.325 e. The van der Waals surface area contributed by atoms with Gasteiger partial charge in [0.2, 0.25) is 0 Å². The molecule has 8 heteroatoms. The molecule has 0 saturated carbocycles. The standard InChI is InChI=1S/C20H24N4O3.ClH/c1-3-27-18(25)12-23-17-10-14(19(21)22)7-8-16(17)11-24-20(26)15-6-4-5-13(2)9-15;/h4-10,23H,3,11-12H2,1-2H3,(H3,21,22)(H,24,26);1H. The van der Waals surface area contributed by atoms with Gasteiger partial charge in [0, 0.05) is 23.4 Å². The first-order valence-corrected chi connectivity index (χ1v) is 8.62. The molecule has 1 amide bonds. The van der Waals surface area contributed by atoms with Crippen LogP contribution < -0.4 is 16.4 Å². The largest absolute Gasteiger partial charge is 0.465 e. The molecular formula is C20H25ClN4O3. The average Bonchev–Trinajstić information content (AvgIpc) is 2.64. The lowest BCUT2D eigenvalue weighted by Crippen LogP contribution is -2.24. The van der Waals surface area contributed by atoms with Crippen LogP contribution in [-0.4, -0.2) is 30.9 Å². The highest BCUT2D eigenvalue weighted by Crippen LogP contribution is 2.18. The van der Waals surface area contributed by atoms with E-state index in [1.807, 2.05) is 25.1 Å². The van der Waals surface area contributed by atoms with Gasteiger partial charge in [-0.2, -0.15) is 0 Å². The molecule has 28 heavy (non-hydrogen) atoms. The number of benzene rings is 2. The number of nitrogens with two attached hydrogens (primary N) is 1. The van der Waals surface area contributed by atoms with Crippen LogP contribution in [0.1, 0.15) is 34.0 Å². The highest BCUT2D eigenvalue weighted by atomic mass is 35.5. The maximum atomic E-state index is 12.3. The van der Waals surface area contributed by atoms with Crippen LogP contribution in [0.2, 0.25) is 0 Å². The van der Waals surface area contributed by atoms with Crippen molar-refractivity contribution in [3.05, 3.63) is 64.7 Å². The van der Waals surface area contributed by atoms with Crippen molar-refractivity contribution in [2.24, 2.45) is 5.73 Å². The topological polar surface area (TPSA) is 117 Å². The van der Waals surface area contributed by atoms with Gasteiger partial charge < -0.3 is 21.1 Å². The van der Waals surface area contributed by atoms with E-state index >= 15 is 0 Å². The number of ether oxygens (including phenoxy) is 1. The highest BCUT2D eigenvalue weighted by Gasteiger charge is 2.11. The molecule has 0 bridgehead atoms. The summed E-state index contributed by atoms with van der Waals surface area (Å²) in [6.07, 6.45) is 0. The van der Waals surface area contributed by atoms with Crippen molar-refractivity contribution in [3.8, 4) is 0 Å². The van der Waals surface area contributed by atoms with Crippen LogP contribution in [0.25, 0.3) is 0 Å². The first kappa shape index (κ1) is 23.0. The molecule has 0 aromatic heterocycles. The Morgan fingerprint density at radius 3 is 2.54 bits per heavy atom. The van der Waals surface area contributed by atoms with Crippen molar-refractivity contribution in [1.82, 2.24) is 5.32 Å². The van der Waals surface area contributed by atoms with Gasteiger partial charge in [0.15, 0.2) is 0 Å². The summed E-state index contributed by atoms with van der Waals surface area (Å²) in [6.45, 7) is 4.20. The Kier molecular flexibility index (Phi) is 8.98. The Balaban J connectivity index is 0.00000392. The second-order valence-electron chi connectivity index (χ2n) is 6.00. The number of carbonyl (C=O) groups is 2. The first-order chi connectivity index (χ1) is 12.9. The molecule has 0 aliphatic heterocycles. The van der Waals surface area contributed by atoms with E-state index in [9.17, 15) is 9.59 Å². The number of halogens is 1. The van der Waals surface area contributed by atoms with Crippen molar-refractivity contribution in [1.29, 1.82) is 5.41 Å². The predicted molar refractivity (Wildman–Crippen MR) is 112 cm³/mol. The van der Waals surface area contributed by atoms with Crippen LogP contribution in [0, 0.1) is 12.3 Å². The van der Waals surface area contributed by atoms with Crippen molar-refractivity contribution < 1.29 is 14.3 Å². The Labute approximate surface area is 170 Å².